The number of hydrogen-bond donors (Lipinski definition) is 1. The Morgan fingerprint density at radius 3 is 1.90 bits per heavy atom. The van der Waals surface area contributed by atoms with Crippen molar-refractivity contribution in [3.63, 3.8) is 0 Å². The first-order chi connectivity index (χ1) is 14.0. The Bertz CT molecular complexity index is 1020. The van der Waals surface area contributed by atoms with Crippen molar-refractivity contribution in [2.24, 2.45) is 0 Å². The maximum Gasteiger partial charge on any atom is 0.243 e. The van der Waals surface area contributed by atoms with Gasteiger partial charge in [-0.25, -0.2) is 8.42 Å². The Morgan fingerprint density at radius 1 is 0.897 bits per heavy atom. The lowest BCUT2D eigenvalue weighted by atomic mass is 9.73. The van der Waals surface area contributed by atoms with E-state index in [-0.39, 0.29) is 11.5 Å². The van der Waals surface area contributed by atoms with E-state index in [1.165, 1.54) is 4.31 Å². The van der Waals surface area contributed by atoms with Crippen LogP contribution in [0.3, 0.4) is 0 Å². The first-order valence-corrected chi connectivity index (χ1v) is 11.2. The average molecular weight is 408 g/mol. The van der Waals surface area contributed by atoms with Crippen LogP contribution in [-0.2, 0) is 15.4 Å². The Kier molecular flexibility index (Phi) is 5.30. The van der Waals surface area contributed by atoms with Crippen LogP contribution < -0.4 is 0 Å². The van der Waals surface area contributed by atoms with E-state index in [1.54, 1.807) is 24.3 Å². The Labute approximate surface area is 172 Å². The van der Waals surface area contributed by atoms with Gasteiger partial charge in [0.25, 0.3) is 0 Å². The molecule has 1 fully saturated rings. The number of sulfonamides is 1. The lowest BCUT2D eigenvalue weighted by Gasteiger charge is -2.30. The highest BCUT2D eigenvalue weighted by Gasteiger charge is 2.50. The second-order valence-corrected chi connectivity index (χ2v) is 9.61. The van der Waals surface area contributed by atoms with E-state index in [0.717, 1.165) is 16.7 Å². The Morgan fingerprint density at radius 2 is 1.41 bits per heavy atom. The third-order valence-corrected chi connectivity index (χ3v) is 7.82. The smallest absolute Gasteiger partial charge is 0.243 e. The maximum absolute atomic E-state index is 13.5. The molecule has 0 bridgehead atoms. The second kappa shape index (κ2) is 7.75. The predicted octanol–water partition coefficient (Wildman–Crippen LogP) is 3.74. The summed E-state index contributed by atoms with van der Waals surface area (Å²) >= 11 is 0. The number of aliphatic hydroxyl groups excluding tert-OH is 1. The third kappa shape index (κ3) is 3.50. The second-order valence-electron chi connectivity index (χ2n) is 7.72. The Balaban J connectivity index is 1.83. The molecule has 0 aliphatic carbocycles. The van der Waals surface area contributed by atoms with Crippen LogP contribution in [0.25, 0.3) is 0 Å². The topological polar surface area (TPSA) is 57.6 Å². The molecular weight excluding hydrogens is 382 g/mol. The van der Waals surface area contributed by atoms with Crippen LogP contribution in [0.1, 0.15) is 23.1 Å². The summed E-state index contributed by atoms with van der Waals surface area (Å²) in [6.07, 6.45) is 0.530. The molecule has 0 spiro atoms. The van der Waals surface area contributed by atoms with Crippen molar-refractivity contribution in [3.05, 3.63) is 102 Å². The molecule has 1 aliphatic heterocycles. The van der Waals surface area contributed by atoms with Crippen molar-refractivity contribution in [1.29, 1.82) is 0 Å². The predicted molar refractivity (Wildman–Crippen MR) is 114 cm³/mol. The van der Waals surface area contributed by atoms with Crippen LogP contribution >= 0.6 is 0 Å². The van der Waals surface area contributed by atoms with E-state index in [0.29, 0.717) is 13.0 Å². The molecule has 3 aromatic carbocycles. The minimum Gasteiger partial charge on any atom is -0.395 e. The molecule has 4 rings (SSSR count). The molecule has 0 saturated carbocycles. The number of aliphatic hydroxyl groups is 1. The zero-order chi connectivity index (χ0) is 20.5. The SMILES string of the molecule is Cc1ccc(S(=O)(=O)N2CC(c3ccccc3)(c3ccccc3)CC2CO)cc1. The number of aryl methyl sites for hydroxylation is 1. The zero-order valence-corrected chi connectivity index (χ0v) is 17.2. The maximum atomic E-state index is 13.5. The molecule has 4 nitrogen and oxygen atoms in total. The fourth-order valence-corrected chi connectivity index (χ4v) is 6.02. The number of rotatable bonds is 5. The molecule has 1 heterocycles. The van der Waals surface area contributed by atoms with Gasteiger partial charge in [0.15, 0.2) is 0 Å². The lowest BCUT2D eigenvalue weighted by molar-refractivity contribution is 0.213. The van der Waals surface area contributed by atoms with E-state index >= 15 is 0 Å². The molecule has 3 aromatic rings. The van der Waals surface area contributed by atoms with Crippen LogP contribution in [0.15, 0.2) is 89.8 Å². The van der Waals surface area contributed by atoms with Crippen LogP contribution in [-0.4, -0.2) is 37.0 Å². The van der Waals surface area contributed by atoms with Gasteiger partial charge >= 0.3 is 0 Å². The van der Waals surface area contributed by atoms with Crippen molar-refractivity contribution in [2.45, 2.75) is 29.7 Å². The van der Waals surface area contributed by atoms with Gasteiger partial charge in [-0.15, -0.1) is 0 Å². The van der Waals surface area contributed by atoms with Crippen molar-refractivity contribution < 1.29 is 13.5 Å². The van der Waals surface area contributed by atoms with Crippen molar-refractivity contribution in [1.82, 2.24) is 4.31 Å². The molecule has 29 heavy (non-hydrogen) atoms. The van der Waals surface area contributed by atoms with Crippen LogP contribution in [0, 0.1) is 6.92 Å². The minimum atomic E-state index is -3.73. The van der Waals surface area contributed by atoms with Crippen LogP contribution in [0.2, 0.25) is 0 Å². The normalized spacial score (nSPS) is 19.3. The van der Waals surface area contributed by atoms with Crippen molar-refractivity contribution in [2.75, 3.05) is 13.2 Å². The summed E-state index contributed by atoms with van der Waals surface area (Å²) in [6, 6.07) is 26.4. The van der Waals surface area contributed by atoms with Crippen LogP contribution in [0.4, 0.5) is 0 Å². The standard InChI is InChI=1S/C24H25NO3S/c1-19-12-14-23(15-13-19)29(27,28)25-18-24(16-22(25)17-26,20-8-4-2-5-9-20)21-10-6-3-7-11-21/h2-15,22,26H,16-18H2,1H3. The molecule has 1 saturated heterocycles. The monoisotopic (exact) mass is 407 g/mol. The molecule has 0 aromatic heterocycles. The van der Waals surface area contributed by atoms with Gasteiger partial charge in [0, 0.05) is 18.0 Å². The molecule has 0 amide bonds. The molecule has 1 unspecified atom stereocenters. The number of hydrogen-bond acceptors (Lipinski definition) is 3. The van der Waals surface area contributed by atoms with Crippen molar-refractivity contribution >= 4 is 10.0 Å². The van der Waals surface area contributed by atoms with Gasteiger partial charge in [-0.1, -0.05) is 78.4 Å². The van der Waals surface area contributed by atoms with E-state index in [4.69, 9.17) is 0 Å². The van der Waals surface area contributed by atoms with Crippen molar-refractivity contribution in [3.8, 4) is 0 Å². The largest absolute Gasteiger partial charge is 0.395 e. The molecule has 0 radical (unpaired) electrons. The summed E-state index contributed by atoms with van der Waals surface area (Å²) in [6.45, 7) is 2.01. The summed E-state index contributed by atoms with van der Waals surface area (Å²) in [7, 11) is -3.73. The zero-order valence-electron chi connectivity index (χ0n) is 16.4. The number of nitrogens with zero attached hydrogens (tertiary/aromatic N) is 1. The minimum absolute atomic E-state index is 0.216. The molecule has 5 heteroatoms. The van der Waals surface area contributed by atoms with E-state index < -0.39 is 21.5 Å². The van der Waals surface area contributed by atoms with E-state index in [2.05, 4.69) is 0 Å². The van der Waals surface area contributed by atoms with Crippen LogP contribution in [0.5, 0.6) is 0 Å². The lowest BCUT2D eigenvalue weighted by Crippen LogP contribution is -2.39. The highest BCUT2D eigenvalue weighted by atomic mass is 32.2. The average Bonchev–Trinajstić information content (AvgIpc) is 3.17. The number of benzene rings is 3. The van der Waals surface area contributed by atoms with Gasteiger partial charge in [0.05, 0.1) is 11.5 Å². The van der Waals surface area contributed by atoms with Gasteiger partial charge < -0.3 is 5.11 Å². The fraction of sp³-hybridized carbons (Fsp3) is 0.250. The molecule has 150 valence electrons. The van der Waals surface area contributed by atoms with Gasteiger partial charge in [-0.3, -0.25) is 0 Å². The molecule has 1 N–H and O–H groups in total. The third-order valence-electron chi connectivity index (χ3n) is 5.91. The Hall–Kier alpha value is -2.47. The van der Waals surface area contributed by atoms with E-state index in [1.807, 2.05) is 67.6 Å². The van der Waals surface area contributed by atoms with Gasteiger partial charge in [-0.2, -0.15) is 4.31 Å². The van der Waals surface area contributed by atoms with E-state index in [9.17, 15) is 13.5 Å². The quantitative estimate of drug-likeness (QED) is 0.701. The summed E-state index contributed by atoms with van der Waals surface area (Å²) in [5.41, 5.74) is 2.62. The van der Waals surface area contributed by atoms with Gasteiger partial charge in [-0.05, 0) is 36.6 Å². The fourth-order valence-electron chi connectivity index (χ4n) is 4.35. The first-order valence-electron chi connectivity index (χ1n) is 9.78. The summed E-state index contributed by atoms with van der Waals surface area (Å²) in [5.74, 6) is 0. The summed E-state index contributed by atoms with van der Waals surface area (Å²) in [5, 5.41) is 10.1. The summed E-state index contributed by atoms with van der Waals surface area (Å²) < 4.78 is 28.4. The molecule has 1 aliphatic rings. The van der Waals surface area contributed by atoms with Gasteiger partial charge in [0.1, 0.15) is 0 Å². The van der Waals surface area contributed by atoms with Gasteiger partial charge in [0.2, 0.25) is 10.0 Å². The highest BCUT2D eigenvalue weighted by molar-refractivity contribution is 7.89. The molecule has 1 atom stereocenters. The summed E-state index contributed by atoms with van der Waals surface area (Å²) in [4.78, 5) is 0.262. The molecular formula is C24H25NO3S. The first kappa shape index (κ1) is 19.8. The highest BCUT2D eigenvalue weighted by Crippen LogP contribution is 2.45.